The molecule has 10 heteroatoms. The number of alkyl carbamates (subject to hydrolysis) is 1. The van der Waals surface area contributed by atoms with Gasteiger partial charge in [-0.3, -0.25) is 14.3 Å². The molecule has 1 saturated heterocycles. The average Bonchev–Trinajstić information content (AvgIpc) is 3.12. The molecule has 3 aromatic rings. The molecule has 9 nitrogen and oxygen atoms in total. The monoisotopic (exact) mass is 470 g/mol. The SMILES string of the molecule is CSc1nc2nc(N3CCCC(NC(=O)OC(C)(C)C)C3)n(Cc3ccccc3)c2c(=O)[nH]1. The highest BCUT2D eigenvalue weighted by Crippen LogP contribution is 2.25. The number of piperidine rings is 1. The molecule has 0 aliphatic carbocycles. The molecular formula is C23H30N6O3S. The van der Waals surface area contributed by atoms with Crippen LogP contribution in [0, 0.1) is 0 Å². The first-order valence-corrected chi connectivity index (χ1v) is 12.3. The number of imidazole rings is 1. The van der Waals surface area contributed by atoms with Crippen LogP contribution in [0.1, 0.15) is 39.2 Å². The van der Waals surface area contributed by atoms with Gasteiger partial charge in [0, 0.05) is 19.1 Å². The third-order valence-corrected chi connectivity index (χ3v) is 5.95. The molecule has 0 saturated carbocycles. The summed E-state index contributed by atoms with van der Waals surface area (Å²) in [5.74, 6) is 0.681. The highest BCUT2D eigenvalue weighted by molar-refractivity contribution is 7.98. The minimum absolute atomic E-state index is 0.0772. The maximum Gasteiger partial charge on any atom is 0.407 e. The average molecular weight is 471 g/mol. The number of ether oxygens (including phenoxy) is 1. The van der Waals surface area contributed by atoms with Crippen molar-refractivity contribution in [2.24, 2.45) is 0 Å². The summed E-state index contributed by atoms with van der Waals surface area (Å²) in [7, 11) is 0. The number of H-pyrrole nitrogens is 1. The number of amides is 1. The maximum absolute atomic E-state index is 12.9. The van der Waals surface area contributed by atoms with Crippen LogP contribution in [-0.2, 0) is 11.3 Å². The van der Waals surface area contributed by atoms with Crippen LogP contribution >= 0.6 is 11.8 Å². The Bertz CT molecular complexity index is 1180. The van der Waals surface area contributed by atoms with Crippen molar-refractivity contribution in [3.63, 3.8) is 0 Å². The van der Waals surface area contributed by atoms with E-state index in [1.807, 2.05) is 61.9 Å². The zero-order valence-corrected chi connectivity index (χ0v) is 20.2. The third-order valence-electron chi connectivity index (χ3n) is 5.37. The summed E-state index contributed by atoms with van der Waals surface area (Å²) in [4.78, 5) is 39.5. The molecule has 1 amide bonds. The number of carbonyl (C=O) groups is 1. The van der Waals surface area contributed by atoms with Gasteiger partial charge in [-0.15, -0.1) is 0 Å². The van der Waals surface area contributed by atoms with E-state index in [-0.39, 0.29) is 11.6 Å². The van der Waals surface area contributed by atoms with Crippen LogP contribution in [0.4, 0.5) is 10.7 Å². The number of hydrogen-bond donors (Lipinski definition) is 2. The highest BCUT2D eigenvalue weighted by Gasteiger charge is 2.28. The molecule has 3 heterocycles. The van der Waals surface area contributed by atoms with Crippen LogP contribution < -0.4 is 15.8 Å². The Morgan fingerprint density at radius 2 is 2.03 bits per heavy atom. The van der Waals surface area contributed by atoms with Gasteiger partial charge in [-0.1, -0.05) is 42.1 Å². The minimum Gasteiger partial charge on any atom is -0.444 e. The molecule has 33 heavy (non-hydrogen) atoms. The second kappa shape index (κ2) is 9.46. The van der Waals surface area contributed by atoms with Crippen LogP contribution in [0.2, 0.25) is 0 Å². The van der Waals surface area contributed by atoms with E-state index in [9.17, 15) is 9.59 Å². The van der Waals surface area contributed by atoms with Gasteiger partial charge in [-0.05, 0) is 45.4 Å². The summed E-state index contributed by atoms with van der Waals surface area (Å²) in [5.41, 5.74) is 1.18. The smallest absolute Gasteiger partial charge is 0.407 e. The fourth-order valence-corrected chi connectivity index (χ4v) is 4.39. The van der Waals surface area contributed by atoms with E-state index in [0.29, 0.717) is 35.4 Å². The number of benzene rings is 1. The lowest BCUT2D eigenvalue weighted by Gasteiger charge is -2.34. The van der Waals surface area contributed by atoms with Gasteiger partial charge in [0.2, 0.25) is 5.95 Å². The Balaban J connectivity index is 1.67. The van der Waals surface area contributed by atoms with Crippen molar-refractivity contribution in [3.05, 3.63) is 46.2 Å². The summed E-state index contributed by atoms with van der Waals surface area (Å²) in [6, 6.07) is 9.89. The number of aromatic nitrogens is 4. The van der Waals surface area contributed by atoms with Gasteiger partial charge in [0.05, 0.1) is 6.54 Å². The zero-order valence-electron chi connectivity index (χ0n) is 19.4. The maximum atomic E-state index is 12.9. The van der Waals surface area contributed by atoms with Crippen molar-refractivity contribution < 1.29 is 9.53 Å². The molecule has 1 atom stereocenters. The van der Waals surface area contributed by atoms with Gasteiger partial charge in [-0.25, -0.2) is 9.78 Å². The molecule has 0 bridgehead atoms. The second-order valence-corrected chi connectivity index (χ2v) is 9.96. The first-order valence-electron chi connectivity index (χ1n) is 11.1. The van der Waals surface area contributed by atoms with Crippen molar-refractivity contribution in [3.8, 4) is 0 Å². The first-order chi connectivity index (χ1) is 15.7. The second-order valence-electron chi connectivity index (χ2n) is 9.16. The molecule has 1 aliphatic rings. The minimum atomic E-state index is -0.552. The molecule has 1 aliphatic heterocycles. The number of nitrogens with one attached hydrogen (secondary N) is 2. The molecule has 1 aromatic carbocycles. The Hall–Kier alpha value is -3.01. The Kier molecular flexibility index (Phi) is 6.64. The standard InChI is InChI=1S/C23H30N6O3S/c1-23(2,3)32-22(31)24-16-11-8-12-28(14-16)21-26-18-17(19(30)27-20(25-18)33-4)29(21)13-15-9-6-5-7-10-15/h5-7,9-10,16H,8,11-14H2,1-4H3,(H,24,31)(H,25,27,30). The zero-order chi connectivity index (χ0) is 23.6. The topological polar surface area (TPSA) is 105 Å². The van der Waals surface area contributed by atoms with Crippen molar-refractivity contribution in [1.82, 2.24) is 24.8 Å². The van der Waals surface area contributed by atoms with Crippen molar-refractivity contribution >= 4 is 35.0 Å². The van der Waals surface area contributed by atoms with E-state index >= 15 is 0 Å². The molecule has 1 unspecified atom stereocenters. The lowest BCUT2D eigenvalue weighted by atomic mass is 10.1. The normalized spacial score (nSPS) is 16.7. The Morgan fingerprint density at radius 1 is 1.27 bits per heavy atom. The van der Waals surface area contributed by atoms with Crippen LogP contribution in [0.25, 0.3) is 11.2 Å². The number of thioether (sulfide) groups is 1. The molecule has 2 aromatic heterocycles. The van der Waals surface area contributed by atoms with Gasteiger partial charge in [0.1, 0.15) is 5.60 Å². The van der Waals surface area contributed by atoms with E-state index in [0.717, 1.165) is 24.9 Å². The molecule has 0 radical (unpaired) electrons. The molecule has 176 valence electrons. The number of rotatable bonds is 5. The van der Waals surface area contributed by atoms with Gasteiger partial charge in [0.15, 0.2) is 16.3 Å². The molecule has 2 N–H and O–H groups in total. The quantitative estimate of drug-likeness (QED) is 0.435. The fourth-order valence-electron chi connectivity index (χ4n) is 4.02. The number of nitrogens with zero attached hydrogens (tertiary/aromatic N) is 4. The molecule has 1 fully saturated rings. The van der Waals surface area contributed by atoms with Crippen LogP contribution in [-0.4, -0.2) is 56.6 Å². The summed E-state index contributed by atoms with van der Waals surface area (Å²) in [6.45, 7) is 7.39. The van der Waals surface area contributed by atoms with Gasteiger partial charge >= 0.3 is 6.09 Å². The number of anilines is 1. The number of hydrogen-bond acceptors (Lipinski definition) is 7. The van der Waals surface area contributed by atoms with Gasteiger partial charge in [0.25, 0.3) is 5.56 Å². The number of carbonyl (C=O) groups excluding carboxylic acids is 1. The third kappa shape index (κ3) is 5.50. The summed E-state index contributed by atoms with van der Waals surface area (Å²) in [6.07, 6.45) is 3.18. The summed E-state index contributed by atoms with van der Waals surface area (Å²) in [5, 5.41) is 3.51. The van der Waals surface area contributed by atoms with Crippen LogP contribution in [0.15, 0.2) is 40.3 Å². The molecule has 0 spiro atoms. The van der Waals surface area contributed by atoms with Gasteiger partial charge in [-0.2, -0.15) is 4.98 Å². The van der Waals surface area contributed by atoms with E-state index in [2.05, 4.69) is 20.2 Å². The number of fused-ring (bicyclic) bond motifs is 1. The highest BCUT2D eigenvalue weighted by atomic mass is 32.2. The van der Waals surface area contributed by atoms with E-state index in [4.69, 9.17) is 9.72 Å². The molecular weight excluding hydrogens is 440 g/mol. The van der Waals surface area contributed by atoms with Crippen molar-refractivity contribution in [2.75, 3.05) is 24.2 Å². The van der Waals surface area contributed by atoms with Crippen molar-refractivity contribution in [1.29, 1.82) is 0 Å². The Labute approximate surface area is 196 Å². The van der Waals surface area contributed by atoms with Crippen LogP contribution in [0.5, 0.6) is 0 Å². The number of aromatic amines is 1. The molecule has 4 rings (SSSR count). The van der Waals surface area contributed by atoms with E-state index in [1.54, 1.807) is 0 Å². The first kappa shape index (κ1) is 23.2. The Morgan fingerprint density at radius 3 is 2.73 bits per heavy atom. The van der Waals surface area contributed by atoms with E-state index in [1.165, 1.54) is 11.8 Å². The van der Waals surface area contributed by atoms with Crippen molar-refractivity contribution in [2.45, 2.75) is 57.0 Å². The predicted molar refractivity (Wildman–Crippen MR) is 130 cm³/mol. The lowest BCUT2D eigenvalue weighted by Crippen LogP contribution is -2.49. The predicted octanol–water partition coefficient (Wildman–Crippen LogP) is 3.38. The fraction of sp³-hybridized carbons (Fsp3) is 0.478. The van der Waals surface area contributed by atoms with Gasteiger partial charge < -0.3 is 15.0 Å². The largest absolute Gasteiger partial charge is 0.444 e. The summed E-state index contributed by atoms with van der Waals surface area (Å²) < 4.78 is 7.35. The lowest BCUT2D eigenvalue weighted by molar-refractivity contribution is 0.0500. The van der Waals surface area contributed by atoms with Crippen LogP contribution in [0.3, 0.4) is 0 Å². The summed E-state index contributed by atoms with van der Waals surface area (Å²) >= 11 is 1.37. The van der Waals surface area contributed by atoms with E-state index < -0.39 is 11.7 Å².